The Labute approximate surface area is 123 Å². The van der Waals surface area contributed by atoms with Crippen molar-refractivity contribution in [1.29, 1.82) is 0 Å². The van der Waals surface area contributed by atoms with Crippen molar-refractivity contribution >= 4 is 11.9 Å². The van der Waals surface area contributed by atoms with Crippen LogP contribution in [0.1, 0.15) is 60.8 Å². The van der Waals surface area contributed by atoms with Gasteiger partial charge in [0.25, 0.3) is 0 Å². The second-order valence-electron chi connectivity index (χ2n) is 6.56. The summed E-state index contributed by atoms with van der Waals surface area (Å²) in [6.07, 6.45) is 1.08. The molecule has 1 N–H and O–H groups in total. The van der Waals surface area contributed by atoms with E-state index in [1.165, 1.54) is 0 Å². The molecular weight excluding hydrogens is 254 g/mol. The van der Waals surface area contributed by atoms with E-state index in [0.29, 0.717) is 37.8 Å². The Bertz CT molecular complexity index is 310. The lowest BCUT2D eigenvalue weighted by Crippen LogP contribution is -2.42. The highest BCUT2D eigenvalue weighted by molar-refractivity contribution is 5.85. The second-order valence-corrected chi connectivity index (χ2v) is 6.56. The molecule has 118 valence electrons. The van der Waals surface area contributed by atoms with E-state index >= 15 is 0 Å². The fraction of sp³-hybridized carbons (Fsp3) is 0.875. The van der Waals surface area contributed by atoms with Crippen molar-refractivity contribution < 1.29 is 14.7 Å². The molecule has 0 aliphatic rings. The van der Waals surface area contributed by atoms with E-state index in [1.54, 1.807) is 0 Å². The average molecular weight is 285 g/mol. The number of hydrogen-bond acceptors (Lipinski definition) is 2. The molecule has 0 aromatic carbocycles. The third-order valence-electron chi connectivity index (χ3n) is 3.82. The van der Waals surface area contributed by atoms with Gasteiger partial charge in [0.05, 0.1) is 5.41 Å². The Morgan fingerprint density at radius 2 is 1.40 bits per heavy atom. The Morgan fingerprint density at radius 3 is 1.65 bits per heavy atom. The second kappa shape index (κ2) is 8.28. The van der Waals surface area contributed by atoms with Crippen LogP contribution in [0.25, 0.3) is 0 Å². The fourth-order valence-electron chi connectivity index (χ4n) is 2.44. The molecule has 0 heterocycles. The standard InChI is InChI=1S/C16H31NO3/c1-7-16(8-2,15(19)20)9-14(18)17(10-12(3)4)11-13(5)6/h12-13H,7-11H2,1-6H3,(H,19,20). The van der Waals surface area contributed by atoms with Crippen molar-refractivity contribution in [2.45, 2.75) is 60.8 Å². The first kappa shape index (κ1) is 18.9. The van der Waals surface area contributed by atoms with Gasteiger partial charge in [-0.1, -0.05) is 41.5 Å². The third-order valence-corrected chi connectivity index (χ3v) is 3.82. The summed E-state index contributed by atoms with van der Waals surface area (Å²) in [5, 5.41) is 9.45. The Balaban J connectivity index is 5.01. The summed E-state index contributed by atoms with van der Waals surface area (Å²) in [4.78, 5) is 25.9. The van der Waals surface area contributed by atoms with Gasteiger partial charge in [0, 0.05) is 19.5 Å². The van der Waals surface area contributed by atoms with E-state index in [9.17, 15) is 14.7 Å². The van der Waals surface area contributed by atoms with E-state index in [4.69, 9.17) is 0 Å². The number of amides is 1. The predicted molar refractivity (Wildman–Crippen MR) is 81.5 cm³/mol. The quantitative estimate of drug-likeness (QED) is 0.706. The first-order chi connectivity index (χ1) is 9.18. The molecule has 0 spiro atoms. The number of aliphatic carboxylic acids is 1. The van der Waals surface area contributed by atoms with Gasteiger partial charge in [-0.2, -0.15) is 0 Å². The summed E-state index contributed by atoms with van der Waals surface area (Å²) in [5.41, 5.74) is -0.913. The zero-order valence-corrected chi connectivity index (χ0v) is 13.9. The van der Waals surface area contributed by atoms with E-state index in [0.717, 1.165) is 0 Å². The van der Waals surface area contributed by atoms with E-state index < -0.39 is 11.4 Å². The molecule has 0 aliphatic heterocycles. The van der Waals surface area contributed by atoms with Crippen molar-refractivity contribution in [2.24, 2.45) is 17.3 Å². The van der Waals surface area contributed by atoms with Crippen LogP contribution in [-0.2, 0) is 9.59 Å². The third kappa shape index (κ3) is 5.51. The number of rotatable bonds is 9. The Kier molecular flexibility index (Phi) is 7.84. The SMILES string of the molecule is CCC(CC)(CC(=O)N(CC(C)C)CC(C)C)C(=O)O. The van der Waals surface area contributed by atoms with Crippen LogP contribution in [-0.4, -0.2) is 35.0 Å². The lowest BCUT2D eigenvalue weighted by Gasteiger charge is -2.32. The summed E-state index contributed by atoms with van der Waals surface area (Å²) >= 11 is 0. The minimum atomic E-state index is -0.913. The van der Waals surface area contributed by atoms with Gasteiger partial charge in [-0.15, -0.1) is 0 Å². The molecule has 0 saturated heterocycles. The molecule has 0 rings (SSSR count). The smallest absolute Gasteiger partial charge is 0.310 e. The molecule has 1 amide bonds. The number of carbonyl (C=O) groups excluding carboxylic acids is 1. The summed E-state index contributed by atoms with van der Waals surface area (Å²) < 4.78 is 0. The van der Waals surface area contributed by atoms with Crippen LogP contribution in [0.2, 0.25) is 0 Å². The molecule has 0 aromatic heterocycles. The Morgan fingerprint density at radius 1 is 1.00 bits per heavy atom. The molecular formula is C16H31NO3. The van der Waals surface area contributed by atoms with Crippen molar-refractivity contribution in [1.82, 2.24) is 4.90 Å². The van der Waals surface area contributed by atoms with Crippen LogP contribution in [0, 0.1) is 17.3 Å². The Hall–Kier alpha value is -1.06. The normalized spacial score (nSPS) is 12.0. The van der Waals surface area contributed by atoms with Gasteiger partial charge in [0.2, 0.25) is 5.91 Å². The predicted octanol–water partition coefficient (Wildman–Crippen LogP) is 3.41. The van der Waals surface area contributed by atoms with Gasteiger partial charge < -0.3 is 10.0 Å². The van der Waals surface area contributed by atoms with E-state index in [2.05, 4.69) is 27.7 Å². The van der Waals surface area contributed by atoms with Gasteiger partial charge in [0.1, 0.15) is 0 Å². The summed E-state index contributed by atoms with van der Waals surface area (Å²) in [6.45, 7) is 13.4. The molecule has 0 bridgehead atoms. The average Bonchev–Trinajstić information content (AvgIpc) is 2.33. The van der Waals surface area contributed by atoms with Gasteiger partial charge >= 0.3 is 5.97 Å². The van der Waals surface area contributed by atoms with Crippen LogP contribution in [0.5, 0.6) is 0 Å². The fourth-order valence-corrected chi connectivity index (χ4v) is 2.44. The van der Waals surface area contributed by atoms with E-state index in [-0.39, 0.29) is 12.3 Å². The summed E-state index contributed by atoms with van der Waals surface area (Å²) in [5.74, 6) is -0.108. The van der Waals surface area contributed by atoms with Gasteiger partial charge in [-0.05, 0) is 24.7 Å². The maximum atomic E-state index is 12.5. The maximum absolute atomic E-state index is 12.5. The molecule has 0 atom stereocenters. The molecule has 0 saturated carbocycles. The monoisotopic (exact) mass is 285 g/mol. The molecule has 4 heteroatoms. The zero-order chi connectivity index (χ0) is 15.9. The summed E-state index contributed by atoms with van der Waals surface area (Å²) in [6, 6.07) is 0. The molecule has 20 heavy (non-hydrogen) atoms. The van der Waals surface area contributed by atoms with Crippen LogP contribution in [0.3, 0.4) is 0 Å². The first-order valence-corrected chi connectivity index (χ1v) is 7.69. The van der Waals surface area contributed by atoms with Crippen molar-refractivity contribution in [2.75, 3.05) is 13.1 Å². The van der Waals surface area contributed by atoms with Crippen LogP contribution < -0.4 is 0 Å². The van der Waals surface area contributed by atoms with Crippen molar-refractivity contribution in [3.8, 4) is 0 Å². The largest absolute Gasteiger partial charge is 0.481 e. The van der Waals surface area contributed by atoms with E-state index in [1.807, 2.05) is 18.7 Å². The van der Waals surface area contributed by atoms with Gasteiger partial charge in [-0.25, -0.2) is 0 Å². The number of carboxylic acids is 1. The van der Waals surface area contributed by atoms with Crippen molar-refractivity contribution in [3.63, 3.8) is 0 Å². The molecule has 0 fully saturated rings. The molecule has 0 aromatic rings. The highest BCUT2D eigenvalue weighted by Crippen LogP contribution is 2.32. The summed E-state index contributed by atoms with van der Waals surface area (Å²) in [7, 11) is 0. The van der Waals surface area contributed by atoms with Gasteiger partial charge in [-0.3, -0.25) is 9.59 Å². The van der Waals surface area contributed by atoms with Crippen LogP contribution in [0.15, 0.2) is 0 Å². The van der Waals surface area contributed by atoms with Crippen LogP contribution >= 0.6 is 0 Å². The zero-order valence-electron chi connectivity index (χ0n) is 13.9. The molecule has 0 radical (unpaired) electrons. The minimum Gasteiger partial charge on any atom is -0.481 e. The van der Waals surface area contributed by atoms with Crippen molar-refractivity contribution in [3.05, 3.63) is 0 Å². The lowest BCUT2D eigenvalue weighted by atomic mass is 9.79. The number of carboxylic acid groups (broad SMARTS) is 1. The first-order valence-electron chi connectivity index (χ1n) is 7.69. The highest BCUT2D eigenvalue weighted by atomic mass is 16.4. The maximum Gasteiger partial charge on any atom is 0.310 e. The molecule has 0 unspecified atom stereocenters. The molecule has 4 nitrogen and oxygen atoms in total. The number of hydrogen-bond donors (Lipinski definition) is 1. The molecule has 0 aliphatic carbocycles. The number of nitrogens with zero attached hydrogens (tertiary/aromatic N) is 1. The highest BCUT2D eigenvalue weighted by Gasteiger charge is 2.38. The lowest BCUT2D eigenvalue weighted by molar-refractivity contribution is -0.154. The minimum absolute atomic E-state index is 0.0292. The van der Waals surface area contributed by atoms with Crippen LogP contribution in [0.4, 0.5) is 0 Å². The topological polar surface area (TPSA) is 57.6 Å². The number of carbonyl (C=O) groups is 2. The van der Waals surface area contributed by atoms with Gasteiger partial charge in [0.15, 0.2) is 0 Å².